The van der Waals surface area contributed by atoms with Crippen molar-refractivity contribution >= 4 is 23.6 Å². The van der Waals surface area contributed by atoms with Gasteiger partial charge in [0, 0.05) is 6.08 Å². The number of esters is 1. The van der Waals surface area contributed by atoms with E-state index in [0.29, 0.717) is 16.5 Å². The zero-order chi connectivity index (χ0) is 13.7. The molecule has 0 atom stereocenters. The number of rotatable bonds is 4. The van der Waals surface area contributed by atoms with E-state index in [9.17, 15) is 4.79 Å². The van der Waals surface area contributed by atoms with Crippen LogP contribution in [0.15, 0.2) is 30.4 Å². The summed E-state index contributed by atoms with van der Waals surface area (Å²) in [6.07, 6.45) is 6.53. The molecule has 0 aromatic heterocycles. The highest BCUT2D eigenvalue weighted by Gasteiger charge is 2.17. The predicted molar refractivity (Wildman–Crippen MR) is 72.4 cm³/mol. The van der Waals surface area contributed by atoms with E-state index in [1.165, 1.54) is 6.08 Å². The van der Waals surface area contributed by atoms with Gasteiger partial charge >= 0.3 is 5.97 Å². The van der Waals surface area contributed by atoms with Crippen molar-refractivity contribution in [3.63, 3.8) is 0 Å². The molecule has 100 valence electrons. The van der Waals surface area contributed by atoms with Crippen LogP contribution in [0, 0.1) is 0 Å². The maximum atomic E-state index is 11.4. The number of hydrogen-bond acceptors (Lipinski definition) is 4. The molecule has 0 spiro atoms. The lowest BCUT2D eigenvalue weighted by molar-refractivity contribution is -0.136. The topological polar surface area (TPSA) is 44.8 Å². The average molecular weight is 281 g/mol. The van der Waals surface area contributed by atoms with Gasteiger partial charge in [-0.2, -0.15) is 0 Å². The third kappa shape index (κ3) is 3.51. The van der Waals surface area contributed by atoms with Gasteiger partial charge < -0.3 is 14.2 Å². The number of hydrogen-bond donors (Lipinski definition) is 0. The molecule has 1 aliphatic heterocycles. The minimum atomic E-state index is -0.410. The average Bonchev–Trinajstić information content (AvgIpc) is 2.85. The van der Waals surface area contributed by atoms with Gasteiger partial charge in [-0.15, -0.1) is 0 Å². The van der Waals surface area contributed by atoms with Crippen molar-refractivity contribution in [2.24, 2.45) is 0 Å². The first-order valence-corrected chi connectivity index (χ1v) is 6.13. The van der Waals surface area contributed by atoms with Crippen molar-refractivity contribution in [1.82, 2.24) is 0 Å². The van der Waals surface area contributed by atoms with Crippen LogP contribution < -0.4 is 9.47 Å². The second kappa shape index (κ2) is 6.29. The van der Waals surface area contributed by atoms with E-state index >= 15 is 0 Å². The molecule has 0 fully saturated rings. The number of halogens is 1. The van der Waals surface area contributed by atoms with Crippen molar-refractivity contribution in [2.45, 2.75) is 6.92 Å². The Morgan fingerprint density at radius 3 is 3.11 bits per heavy atom. The Labute approximate surface area is 116 Å². The number of carbonyl (C=O) groups excluding carboxylic acids is 1. The molecule has 0 unspecified atom stereocenters. The lowest BCUT2D eigenvalue weighted by atomic mass is 10.2. The summed E-state index contributed by atoms with van der Waals surface area (Å²) in [5.41, 5.74) is 0.747. The molecule has 1 aromatic carbocycles. The van der Waals surface area contributed by atoms with Gasteiger partial charge in [0.15, 0.2) is 11.5 Å². The predicted octanol–water partition coefficient (Wildman–Crippen LogP) is 3.20. The van der Waals surface area contributed by atoms with E-state index in [-0.39, 0.29) is 13.4 Å². The molecule has 5 heteroatoms. The molecule has 0 saturated heterocycles. The van der Waals surface area contributed by atoms with Crippen molar-refractivity contribution in [3.8, 4) is 11.5 Å². The normalized spacial score (nSPS) is 13.4. The van der Waals surface area contributed by atoms with E-state index in [0.717, 1.165) is 5.56 Å². The molecule has 2 rings (SSSR count). The molecular weight excluding hydrogens is 268 g/mol. The molecule has 0 N–H and O–H groups in total. The standard InChI is InChI=1S/C14H13ClO4/c1-2-3-6-17-13(16)5-4-10-7-11(15)14-12(8-10)18-9-19-14/h2-5,7-8H,6,9H2,1H3/b3-2+,5-4+. The van der Waals surface area contributed by atoms with Gasteiger partial charge in [-0.25, -0.2) is 4.79 Å². The van der Waals surface area contributed by atoms with E-state index in [1.807, 2.05) is 13.0 Å². The SMILES string of the molecule is C/C=C/COC(=O)/C=C/c1cc(Cl)c2c(c1)OCO2. The zero-order valence-corrected chi connectivity index (χ0v) is 11.1. The lowest BCUT2D eigenvalue weighted by Crippen LogP contribution is -1.99. The highest BCUT2D eigenvalue weighted by atomic mass is 35.5. The third-order valence-electron chi connectivity index (χ3n) is 2.42. The molecule has 1 aromatic rings. The minimum absolute atomic E-state index is 0.160. The van der Waals surface area contributed by atoms with Crippen LogP contribution >= 0.6 is 11.6 Å². The van der Waals surface area contributed by atoms with Crippen LogP contribution in [0.5, 0.6) is 11.5 Å². The largest absolute Gasteiger partial charge is 0.458 e. The highest BCUT2D eigenvalue weighted by molar-refractivity contribution is 6.32. The summed E-state index contributed by atoms with van der Waals surface area (Å²) >= 11 is 6.03. The first-order valence-electron chi connectivity index (χ1n) is 5.76. The number of fused-ring (bicyclic) bond motifs is 1. The van der Waals surface area contributed by atoms with Crippen LogP contribution in [0.25, 0.3) is 6.08 Å². The Bertz CT molecular complexity index is 534. The van der Waals surface area contributed by atoms with E-state index in [2.05, 4.69) is 0 Å². The van der Waals surface area contributed by atoms with Gasteiger partial charge in [0.2, 0.25) is 6.79 Å². The molecule has 4 nitrogen and oxygen atoms in total. The highest BCUT2D eigenvalue weighted by Crippen LogP contribution is 2.39. The van der Waals surface area contributed by atoms with Gasteiger partial charge in [0.25, 0.3) is 0 Å². The lowest BCUT2D eigenvalue weighted by Gasteiger charge is -2.01. The van der Waals surface area contributed by atoms with Gasteiger partial charge in [0.1, 0.15) is 6.61 Å². The molecule has 0 bridgehead atoms. The number of ether oxygens (including phenoxy) is 3. The van der Waals surface area contributed by atoms with Crippen LogP contribution in [0.3, 0.4) is 0 Å². The second-order valence-corrected chi connectivity index (χ2v) is 4.18. The summed E-state index contributed by atoms with van der Waals surface area (Å²) in [5, 5.41) is 0.455. The van der Waals surface area contributed by atoms with Gasteiger partial charge in [-0.1, -0.05) is 23.8 Å². The summed E-state index contributed by atoms with van der Waals surface area (Å²) < 4.78 is 15.4. The molecule has 1 aliphatic rings. The van der Waals surface area contributed by atoms with E-state index < -0.39 is 5.97 Å². The van der Waals surface area contributed by atoms with Crippen LogP contribution in [0.2, 0.25) is 5.02 Å². The summed E-state index contributed by atoms with van der Waals surface area (Å²) in [7, 11) is 0. The monoisotopic (exact) mass is 280 g/mol. The Hall–Kier alpha value is -1.94. The Morgan fingerprint density at radius 2 is 2.32 bits per heavy atom. The quantitative estimate of drug-likeness (QED) is 0.483. The van der Waals surface area contributed by atoms with Gasteiger partial charge in [0.05, 0.1) is 5.02 Å². The minimum Gasteiger partial charge on any atom is -0.458 e. The fourth-order valence-electron chi connectivity index (χ4n) is 1.52. The second-order valence-electron chi connectivity index (χ2n) is 3.77. The molecular formula is C14H13ClO4. The summed E-state index contributed by atoms with van der Waals surface area (Å²) in [5.74, 6) is 0.704. The maximum Gasteiger partial charge on any atom is 0.331 e. The van der Waals surface area contributed by atoms with Crippen LogP contribution in [-0.4, -0.2) is 19.4 Å². The fourth-order valence-corrected chi connectivity index (χ4v) is 1.80. The summed E-state index contributed by atoms with van der Waals surface area (Å²) in [6.45, 7) is 2.29. The maximum absolute atomic E-state index is 11.4. The summed E-state index contributed by atoms with van der Waals surface area (Å²) in [4.78, 5) is 11.4. The Balaban J connectivity index is 2.03. The van der Waals surface area contributed by atoms with Crippen molar-refractivity contribution in [2.75, 3.05) is 13.4 Å². The first kappa shape index (κ1) is 13.5. The number of allylic oxidation sites excluding steroid dienone is 1. The smallest absolute Gasteiger partial charge is 0.331 e. The van der Waals surface area contributed by atoms with Crippen molar-refractivity contribution in [3.05, 3.63) is 40.9 Å². The molecule has 19 heavy (non-hydrogen) atoms. The van der Waals surface area contributed by atoms with Crippen LogP contribution in [0.1, 0.15) is 12.5 Å². The molecule has 0 amide bonds. The van der Waals surface area contributed by atoms with Gasteiger partial charge in [-0.05, 0) is 30.7 Å². The molecule has 0 saturated carbocycles. The number of carbonyl (C=O) groups is 1. The third-order valence-corrected chi connectivity index (χ3v) is 2.70. The van der Waals surface area contributed by atoms with E-state index in [1.54, 1.807) is 24.3 Å². The van der Waals surface area contributed by atoms with E-state index in [4.69, 9.17) is 25.8 Å². The fraction of sp³-hybridized carbons (Fsp3) is 0.214. The Morgan fingerprint density at radius 1 is 1.47 bits per heavy atom. The first-order chi connectivity index (χ1) is 9.20. The van der Waals surface area contributed by atoms with Crippen LogP contribution in [0.4, 0.5) is 0 Å². The number of benzene rings is 1. The molecule has 1 heterocycles. The molecule has 0 radical (unpaired) electrons. The zero-order valence-electron chi connectivity index (χ0n) is 10.4. The summed E-state index contributed by atoms with van der Waals surface area (Å²) in [6, 6.07) is 3.45. The van der Waals surface area contributed by atoms with Crippen LogP contribution in [-0.2, 0) is 9.53 Å². The van der Waals surface area contributed by atoms with Crippen molar-refractivity contribution in [1.29, 1.82) is 0 Å². The van der Waals surface area contributed by atoms with Crippen molar-refractivity contribution < 1.29 is 19.0 Å². The molecule has 0 aliphatic carbocycles. The Kier molecular flexibility index (Phi) is 4.47. The van der Waals surface area contributed by atoms with Gasteiger partial charge in [-0.3, -0.25) is 0 Å².